The molecule has 1 aromatic heterocycles. The van der Waals surface area contributed by atoms with E-state index < -0.39 is 0 Å². The highest BCUT2D eigenvalue weighted by molar-refractivity contribution is 5.80. The van der Waals surface area contributed by atoms with Gasteiger partial charge in [0.15, 0.2) is 0 Å². The van der Waals surface area contributed by atoms with Gasteiger partial charge in [0.1, 0.15) is 11.8 Å². The summed E-state index contributed by atoms with van der Waals surface area (Å²) >= 11 is 0. The molecule has 1 aliphatic heterocycles. The minimum absolute atomic E-state index is 0.139. The van der Waals surface area contributed by atoms with Crippen LogP contribution in [0.5, 0.6) is 5.75 Å². The van der Waals surface area contributed by atoms with Crippen molar-refractivity contribution in [3.8, 4) is 5.75 Å². The van der Waals surface area contributed by atoms with Crippen LogP contribution in [0.1, 0.15) is 24.4 Å². The molecule has 1 fully saturated rings. The van der Waals surface area contributed by atoms with Crippen LogP contribution >= 0.6 is 0 Å². The van der Waals surface area contributed by atoms with Crippen molar-refractivity contribution in [1.82, 2.24) is 14.7 Å². The number of rotatable bonds is 4. The third-order valence-electron chi connectivity index (χ3n) is 4.80. The number of hydrogen-bond acceptors (Lipinski definition) is 4. The monoisotopic (exact) mass is 342 g/mol. The molecule has 1 aliphatic rings. The van der Waals surface area contributed by atoms with Crippen molar-refractivity contribution >= 4 is 11.6 Å². The van der Waals surface area contributed by atoms with E-state index >= 15 is 0 Å². The summed E-state index contributed by atoms with van der Waals surface area (Å²) in [5, 5.41) is 4.45. The first-order valence-corrected chi connectivity index (χ1v) is 8.70. The zero-order valence-electron chi connectivity index (χ0n) is 15.4. The van der Waals surface area contributed by atoms with E-state index in [1.54, 1.807) is 7.11 Å². The molecule has 1 aromatic carbocycles. The molecule has 1 amide bonds. The molecule has 0 N–H and O–H groups in total. The standard InChI is InChI=1S/C19H26N4O2/c1-14-13-15(2)23(20-14)16(3)19(24)22-11-9-21(10-12-22)17-5-7-18(25-4)8-6-17/h5-8,13,16H,9-12H2,1-4H3/t16-/m0/s1. The second-order valence-corrected chi connectivity index (χ2v) is 6.56. The quantitative estimate of drug-likeness (QED) is 0.856. The maximum atomic E-state index is 12.8. The van der Waals surface area contributed by atoms with Crippen LogP contribution in [-0.4, -0.2) is 53.9 Å². The Hall–Kier alpha value is -2.50. The minimum atomic E-state index is -0.263. The van der Waals surface area contributed by atoms with Gasteiger partial charge in [0.25, 0.3) is 0 Å². The number of aromatic nitrogens is 2. The SMILES string of the molecule is COc1ccc(N2CCN(C(=O)[C@H](C)n3nc(C)cc3C)CC2)cc1. The summed E-state index contributed by atoms with van der Waals surface area (Å²) in [5.74, 6) is 0.997. The number of anilines is 1. The molecule has 0 unspecified atom stereocenters. The van der Waals surface area contributed by atoms with E-state index in [1.165, 1.54) is 5.69 Å². The molecule has 3 rings (SSSR count). The molecular formula is C19H26N4O2. The molecule has 0 saturated carbocycles. The fourth-order valence-electron chi connectivity index (χ4n) is 3.39. The van der Waals surface area contributed by atoms with E-state index in [1.807, 2.05) is 48.6 Å². The van der Waals surface area contributed by atoms with Crippen molar-refractivity contribution in [2.45, 2.75) is 26.8 Å². The third kappa shape index (κ3) is 3.62. The van der Waals surface area contributed by atoms with Gasteiger partial charge in [-0.1, -0.05) is 0 Å². The summed E-state index contributed by atoms with van der Waals surface area (Å²) in [6, 6.07) is 9.81. The molecular weight excluding hydrogens is 316 g/mol. The number of nitrogens with zero attached hydrogens (tertiary/aromatic N) is 4. The Morgan fingerprint density at radius 3 is 2.28 bits per heavy atom. The van der Waals surface area contributed by atoms with Crippen molar-refractivity contribution in [3.05, 3.63) is 41.7 Å². The second-order valence-electron chi connectivity index (χ2n) is 6.56. The second kappa shape index (κ2) is 7.17. The molecule has 0 spiro atoms. The van der Waals surface area contributed by atoms with Crippen molar-refractivity contribution < 1.29 is 9.53 Å². The van der Waals surface area contributed by atoms with Crippen LogP contribution in [0.2, 0.25) is 0 Å². The maximum absolute atomic E-state index is 12.8. The van der Waals surface area contributed by atoms with Crippen molar-refractivity contribution in [2.24, 2.45) is 0 Å². The molecule has 2 heterocycles. The number of hydrogen-bond donors (Lipinski definition) is 0. The largest absolute Gasteiger partial charge is 0.497 e. The predicted octanol–water partition coefficient (Wildman–Crippen LogP) is 2.42. The van der Waals surface area contributed by atoms with Crippen LogP contribution < -0.4 is 9.64 Å². The third-order valence-corrected chi connectivity index (χ3v) is 4.80. The molecule has 0 radical (unpaired) electrons. The Kier molecular flexibility index (Phi) is 4.97. The lowest BCUT2D eigenvalue weighted by molar-refractivity contribution is -0.134. The zero-order valence-corrected chi connectivity index (χ0v) is 15.4. The average molecular weight is 342 g/mol. The van der Waals surface area contributed by atoms with E-state index in [0.29, 0.717) is 0 Å². The summed E-state index contributed by atoms with van der Waals surface area (Å²) in [7, 11) is 1.67. The highest BCUT2D eigenvalue weighted by Crippen LogP contribution is 2.21. The summed E-state index contributed by atoms with van der Waals surface area (Å²) in [4.78, 5) is 17.1. The molecule has 134 valence electrons. The topological polar surface area (TPSA) is 50.6 Å². The van der Waals surface area contributed by atoms with Crippen LogP contribution in [0.3, 0.4) is 0 Å². The molecule has 2 aromatic rings. The summed E-state index contributed by atoms with van der Waals surface area (Å²) in [6.07, 6.45) is 0. The summed E-state index contributed by atoms with van der Waals surface area (Å²) in [6.45, 7) is 9.00. The molecule has 0 bridgehead atoms. The van der Waals surface area contributed by atoms with Crippen molar-refractivity contribution in [2.75, 3.05) is 38.2 Å². The molecule has 25 heavy (non-hydrogen) atoms. The van der Waals surface area contributed by atoms with Crippen molar-refractivity contribution in [1.29, 1.82) is 0 Å². The van der Waals surface area contributed by atoms with E-state index in [-0.39, 0.29) is 11.9 Å². The Bertz CT molecular complexity index is 730. The molecule has 6 heteroatoms. The van der Waals surface area contributed by atoms with Crippen LogP contribution in [-0.2, 0) is 4.79 Å². The van der Waals surface area contributed by atoms with Gasteiger partial charge in [0, 0.05) is 37.6 Å². The van der Waals surface area contributed by atoms with Gasteiger partial charge in [-0.3, -0.25) is 9.48 Å². The highest BCUT2D eigenvalue weighted by atomic mass is 16.5. The van der Waals surface area contributed by atoms with Gasteiger partial charge in [0.2, 0.25) is 5.91 Å². The number of aryl methyl sites for hydroxylation is 2. The van der Waals surface area contributed by atoms with E-state index in [4.69, 9.17) is 4.74 Å². The average Bonchev–Trinajstić information content (AvgIpc) is 2.99. The van der Waals surface area contributed by atoms with Crippen molar-refractivity contribution in [3.63, 3.8) is 0 Å². The predicted molar refractivity (Wildman–Crippen MR) is 98.2 cm³/mol. The number of methoxy groups -OCH3 is 1. The van der Waals surface area contributed by atoms with Gasteiger partial charge >= 0.3 is 0 Å². The molecule has 6 nitrogen and oxygen atoms in total. The summed E-state index contributed by atoms with van der Waals surface area (Å²) < 4.78 is 7.03. The molecule has 1 saturated heterocycles. The Morgan fingerprint density at radius 2 is 1.76 bits per heavy atom. The Balaban J connectivity index is 1.61. The van der Waals surface area contributed by atoms with Gasteiger partial charge in [-0.15, -0.1) is 0 Å². The Morgan fingerprint density at radius 1 is 1.12 bits per heavy atom. The summed E-state index contributed by atoms with van der Waals surface area (Å²) in [5.41, 5.74) is 3.14. The van der Waals surface area contributed by atoms with E-state index in [2.05, 4.69) is 22.1 Å². The number of piperazine rings is 1. The minimum Gasteiger partial charge on any atom is -0.497 e. The first-order chi connectivity index (χ1) is 12.0. The van der Waals surface area contributed by atoms with Gasteiger partial charge < -0.3 is 14.5 Å². The lowest BCUT2D eigenvalue weighted by Crippen LogP contribution is -2.50. The van der Waals surface area contributed by atoms with Crippen LogP contribution in [0.15, 0.2) is 30.3 Å². The lowest BCUT2D eigenvalue weighted by atomic mass is 10.2. The molecule has 1 atom stereocenters. The normalized spacial score (nSPS) is 16.0. The maximum Gasteiger partial charge on any atom is 0.247 e. The Labute approximate surface area is 149 Å². The number of ether oxygens (including phenoxy) is 1. The van der Waals surface area contributed by atoms with Gasteiger partial charge in [-0.05, 0) is 51.1 Å². The first kappa shape index (κ1) is 17.3. The van der Waals surface area contributed by atoms with Crippen LogP contribution in [0.4, 0.5) is 5.69 Å². The van der Waals surface area contributed by atoms with Gasteiger partial charge in [0.05, 0.1) is 12.8 Å². The first-order valence-electron chi connectivity index (χ1n) is 8.70. The van der Waals surface area contributed by atoms with Gasteiger partial charge in [-0.2, -0.15) is 5.10 Å². The van der Waals surface area contributed by atoms with E-state index in [9.17, 15) is 4.79 Å². The molecule has 0 aliphatic carbocycles. The van der Waals surface area contributed by atoms with Crippen LogP contribution in [0, 0.1) is 13.8 Å². The van der Waals surface area contributed by atoms with Crippen LogP contribution in [0.25, 0.3) is 0 Å². The highest BCUT2D eigenvalue weighted by Gasteiger charge is 2.27. The fourth-order valence-corrected chi connectivity index (χ4v) is 3.39. The zero-order chi connectivity index (χ0) is 18.0. The smallest absolute Gasteiger partial charge is 0.247 e. The number of carbonyl (C=O) groups excluding carboxylic acids is 1. The fraction of sp³-hybridized carbons (Fsp3) is 0.474. The number of benzene rings is 1. The van der Waals surface area contributed by atoms with E-state index in [0.717, 1.165) is 43.3 Å². The lowest BCUT2D eigenvalue weighted by Gasteiger charge is -2.37. The number of amides is 1. The number of carbonyl (C=O) groups is 1. The van der Waals surface area contributed by atoms with Gasteiger partial charge in [-0.25, -0.2) is 0 Å².